The first-order valence-corrected chi connectivity index (χ1v) is 10.9. The Morgan fingerprint density at radius 1 is 0.909 bits per heavy atom. The van der Waals surface area contributed by atoms with Crippen LogP contribution in [0.2, 0.25) is 0 Å². The Balaban J connectivity index is 1.44. The summed E-state index contributed by atoms with van der Waals surface area (Å²) in [6.07, 6.45) is 0. The molecule has 9 heteroatoms. The summed E-state index contributed by atoms with van der Waals surface area (Å²) < 4.78 is 5.06. The lowest BCUT2D eigenvalue weighted by Gasteiger charge is -2.17. The van der Waals surface area contributed by atoms with Crippen LogP contribution in [0.1, 0.15) is 25.6 Å². The van der Waals surface area contributed by atoms with Gasteiger partial charge in [0.2, 0.25) is 5.91 Å². The number of ether oxygens (including phenoxy) is 1. The van der Waals surface area contributed by atoms with Crippen LogP contribution in [0.25, 0.3) is 0 Å². The van der Waals surface area contributed by atoms with Gasteiger partial charge in [0, 0.05) is 18.4 Å². The van der Waals surface area contributed by atoms with Gasteiger partial charge in [-0.3, -0.25) is 14.4 Å². The second kappa shape index (κ2) is 11.1. The van der Waals surface area contributed by atoms with Crippen LogP contribution >= 0.6 is 11.3 Å². The predicted molar refractivity (Wildman–Crippen MR) is 126 cm³/mol. The third kappa shape index (κ3) is 7.01. The van der Waals surface area contributed by atoms with Crippen molar-refractivity contribution < 1.29 is 23.9 Å². The molecule has 33 heavy (non-hydrogen) atoms. The molecule has 0 fully saturated rings. The molecule has 0 radical (unpaired) electrons. The van der Waals surface area contributed by atoms with E-state index in [0.29, 0.717) is 16.3 Å². The molecule has 1 aromatic heterocycles. The standard InChI is InChI=1S/C24H23N3O5S/c1-16-5-9-18(10-6-16)25-21(28)14-27(2)22(29)15-32-24(31)17-7-11-19(12-8-17)26-23(30)20-4-3-13-33-20/h3-13H,14-15H2,1-2H3,(H,25,28)(H,26,30). The summed E-state index contributed by atoms with van der Waals surface area (Å²) in [6, 6.07) is 16.9. The number of amides is 3. The number of carbonyl (C=O) groups is 4. The summed E-state index contributed by atoms with van der Waals surface area (Å²) in [5.41, 5.74) is 2.46. The van der Waals surface area contributed by atoms with Crippen LogP contribution in [-0.2, 0) is 14.3 Å². The molecule has 8 nitrogen and oxygen atoms in total. The summed E-state index contributed by atoms with van der Waals surface area (Å²) in [5, 5.41) is 7.25. The van der Waals surface area contributed by atoms with Crippen molar-refractivity contribution in [2.75, 3.05) is 30.8 Å². The second-order valence-corrected chi connectivity index (χ2v) is 8.20. The van der Waals surface area contributed by atoms with Gasteiger partial charge in [0.15, 0.2) is 6.61 Å². The Bertz CT molecular complexity index is 1130. The molecule has 2 aromatic carbocycles. The van der Waals surface area contributed by atoms with E-state index < -0.39 is 18.5 Å². The third-order valence-corrected chi connectivity index (χ3v) is 5.46. The van der Waals surface area contributed by atoms with E-state index in [1.54, 1.807) is 36.4 Å². The van der Waals surface area contributed by atoms with Crippen molar-refractivity contribution in [3.05, 3.63) is 82.0 Å². The van der Waals surface area contributed by atoms with Crippen LogP contribution in [-0.4, -0.2) is 48.8 Å². The average molecular weight is 466 g/mol. The summed E-state index contributed by atoms with van der Waals surface area (Å²) >= 11 is 1.33. The van der Waals surface area contributed by atoms with Crippen molar-refractivity contribution in [3.8, 4) is 0 Å². The maximum atomic E-state index is 12.2. The first-order valence-electron chi connectivity index (χ1n) is 10.0. The number of nitrogens with one attached hydrogen (secondary N) is 2. The van der Waals surface area contributed by atoms with Crippen molar-refractivity contribution in [2.45, 2.75) is 6.92 Å². The molecule has 0 aliphatic rings. The highest BCUT2D eigenvalue weighted by Gasteiger charge is 2.16. The topological polar surface area (TPSA) is 105 Å². The lowest BCUT2D eigenvalue weighted by molar-refractivity contribution is -0.136. The van der Waals surface area contributed by atoms with E-state index in [1.807, 2.05) is 24.4 Å². The highest BCUT2D eigenvalue weighted by atomic mass is 32.1. The Morgan fingerprint density at radius 3 is 2.18 bits per heavy atom. The number of esters is 1. The Kier molecular flexibility index (Phi) is 7.93. The molecule has 0 atom stereocenters. The normalized spacial score (nSPS) is 10.2. The number of benzene rings is 2. The van der Waals surface area contributed by atoms with Gasteiger partial charge < -0.3 is 20.3 Å². The monoisotopic (exact) mass is 465 g/mol. The Labute approximate surface area is 195 Å². The number of hydrogen-bond acceptors (Lipinski definition) is 6. The molecule has 0 spiro atoms. The van der Waals surface area contributed by atoms with E-state index >= 15 is 0 Å². The van der Waals surface area contributed by atoms with Gasteiger partial charge in [0.1, 0.15) is 0 Å². The summed E-state index contributed by atoms with van der Waals surface area (Å²) in [7, 11) is 1.45. The van der Waals surface area contributed by atoms with Crippen LogP contribution in [0.15, 0.2) is 66.0 Å². The van der Waals surface area contributed by atoms with Crippen molar-refractivity contribution >= 4 is 46.4 Å². The fourth-order valence-electron chi connectivity index (χ4n) is 2.75. The van der Waals surface area contributed by atoms with E-state index in [0.717, 1.165) is 5.56 Å². The van der Waals surface area contributed by atoms with E-state index in [1.165, 1.54) is 35.4 Å². The average Bonchev–Trinajstić information content (AvgIpc) is 3.34. The largest absolute Gasteiger partial charge is 0.452 e. The molecular weight excluding hydrogens is 442 g/mol. The van der Waals surface area contributed by atoms with Gasteiger partial charge in [-0.1, -0.05) is 23.8 Å². The Morgan fingerprint density at radius 2 is 1.55 bits per heavy atom. The number of hydrogen-bond donors (Lipinski definition) is 2. The number of rotatable bonds is 8. The second-order valence-electron chi connectivity index (χ2n) is 7.25. The molecule has 0 bridgehead atoms. The van der Waals surface area contributed by atoms with Crippen LogP contribution in [0.5, 0.6) is 0 Å². The van der Waals surface area contributed by atoms with Gasteiger partial charge in [0.25, 0.3) is 11.8 Å². The van der Waals surface area contributed by atoms with Crippen LogP contribution in [0.4, 0.5) is 11.4 Å². The van der Waals surface area contributed by atoms with Gasteiger partial charge in [-0.15, -0.1) is 11.3 Å². The highest BCUT2D eigenvalue weighted by Crippen LogP contribution is 2.15. The molecule has 0 unspecified atom stereocenters. The number of nitrogens with zero attached hydrogens (tertiary/aromatic N) is 1. The molecule has 3 rings (SSSR count). The van der Waals surface area contributed by atoms with Gasteiger partial charge in [0.05, 0.1) is 17.0 Å². The van der Waals surface area contributed by atoms with Gasteiger partial charge in [-0.25, -0.2) is 4.79 Å². The number of aryl methyl sites for hydroxylation is 1. The zero-order valence-electron chi connectivity index (χ0n) is 18.2. The minimum absolute atomic E-state index is 0.178. The quantitative estimate of drug-likeness (QED) is 0.495. The summed E-state index contributed by atoms with van der Waals surface area (Å²) in [5.74, 6) is -1.79. The molecule has 2 N–H and O–H groups in total. The lowest BCUT2D eigenvalue weighted by Crippen LogP contribution is -2.37. The number of likely N-dealkylation sites (N-methyl/N-ethyl adjacent to an activating group) is 1. The number of carbonyl (C=O) groups excluding carboxylic acids is 4. The maximum Gasteiger partial charge on any atom is 0.338 e. The molecule has 170 valence electrons. The van der Waals surface area contributed by atoms with Gasteiger partial charge in [-0.2, -0.15) is 0 Å². The highest BCUT2D eigenvalue weighted by molar-refractivity contribution is 7.12. The van der Waals surface area contributed by atoms with Gasteiger partial charge >= 0.3 is 5.97 Å². The molecule has 0 saturated carbocycles. The van der Waals surface area contributed by atoms with Crippen molar-refractivity contribution in [3.63, 3.8) is 0 Å². The fraction of sp³-hybridized carbons (Fsp3) is 0.167. The zero-order valence-corrected chi connectivity index (χ0v) is 19.0. The molecule has 0 aliphatic heterocycles. The van der Waals surface area contributed by atoms with Crippen molar-refractivity contribution in [2.24, 2.45) is 0 Å². The number of anilines is 2. The molecule has 0 aliphatic carbocycles. The minimum Gasteiger partial charge on any atom is -0.452 e. The van der Waals surface area contributed by atoms with Crippen molar-refractivity contribution in [1.82, 2.24) is 4.90 Å². The predicted octanol–water partition coefficient (Wildman–Crippen LogP) is 3.56. The molecule has 1 heterocycles. The first kappa shape index (κ1) is 23.7. The lowest BCUT2D eigenvalue weighted by atomic mass is 10.2. The number of thiophene rings is 1. The van der Waals surface area contributed by atoms with Gasteiger partial charge in [-0.05, 0) is 54.8 Å². The first-order chi connectivity index (χ1) is 15.8. The zero-order chi connectivity index (χ0) is 23.8. The third-order valence-electron chi connectivity index (χ3n) is 4.59. The van der Waals surface area contributed by atoms with Crippen molar-refractivity contribution in [1.29, 1.82) is 0 Å². The molecule has 3 aromatic rings. The van der Waals surface area contributed by atoms with Crippen LogP contribution < -0.4 is 10.6 Å². The maximum absolute atomic E-state index is 12.2. The van der Waals surface area contributed by atoms with E-state index in [9.17, 15) is 19.2 Å². The summed E-state index contributed by atoms with van der Waals surface area (Å²) in [4.78, 5) is 50.4. The summed E-state index contributed by atoms with van der Waals surface area (Å²) in [6.45, 7) is 1.27. The van der Waals surface area contributed by atoms with E-state index in [-0.39, 0.29) is 23.9 Å². The smallest absolute Gasteiger partial charge is 0.338 e. The molecular formula is C24H23N3O5S. The van der Waals surface area contributed by atoms with Crippen LogP contribution in [0.3, 0.4) is 0 Å². The Hall–Kier alpha value is -3.98. The minimum atomic E-state index is -0.683. The molecule has 3 amide bonds. The SMILES string of the molecule is Cc1ccc(NC(=O)CN(C)C(=O)COC(=O)c2ccc(NC(=O)c3cccs3)cc2)cc1. The van der Waals surface area contributed by atoms with E-state index in [2.05, 4.69) is 10.6 Å². The molecule has 0 saturated heterocycles. The van der Waals surface area contributed by atoms with Crippen LogP contribution in [0, 0.1) is 6.92 Å². The van der Waals surface area contributed by atoms with E-state index in [4.69, 9.17) is 4.74 Å². The fourth-order valence-corrected chi connectivity index (χ4v) is 3.37.